The molecule has 1 aliphatic carbocycles. The largest absolute Gasteiger partial charge is 0.444 e. The van der Waals surface area contributed by atoms with Gasteiger partial charge in [-0.05, 0) is 69.0 Å². The topological polar surface area (TPSA) is 71.1 Å². The molecule has 5 rings (SSSR count). The van der Waals surface area contributed by atoms with Gasteiger partial charge in [-0.25, -0.2) is 9.18 Å². The molecule has 4 aliphatic rings. The predicted octanol–water partition coefficient (Wildman–Crippen LogP) is 3.74. The monoisotopic (exact) mass is 473 g/mol. The Morgan fingerprint density at radius 1 is 1.18 bits per heavy atom. The molecule has 1 aromatic rings. The highest BCUT2D eigenvalue weighted by Crippen LogP contribution is 2.47. The Kier molecular flexibility index (Phi) is 6.80. The smallest absolute Gasteiger partial charge is 0.407 e. The fraction of sp³-hybridized carbons (Fsp3) is 0.692. The summed E-state index contributed by atoms with van der Waals surface area (Å²) >= 11 is 0. The number of amides is 2. The summed E-state index contributed by atoms with van der Waals surface area (Å²) in [4.78, 5) is 29.0. The molecule has 2 unspecified atom stereocenters. The van der Waals surface area contributed by atoms with Crippen LogP contribution >= 0.6 is 0 Å². The summed E-state index contributed by atoms with van der Waals surface area (Å²) in [6.45, 7) is 5.21. The van der Waals surface area contributed by atoms with Crippen LogP contribution in [-0.4, -0.2) is 67.9 Å². The second-order valence-electron chi connectivity index (χ2n) is 10.5. The highest BCUT2D eigenvalue weighted by molar-refractivity contribution is 5.94. The van der Waals surface area contributed by atoms with Crippen molar-refractivity contribution in [1.29, 1.82) is 0 Å². The van der Waals surface area contributed by atoms with Crippen LogP contribution in [0.5, 0.6) is 0 Å². The SMILES string of the molecule is CC(=O)N1CC2(CCN(C3CCCCC(NC(=O)O[C@H]4CCOC4)C3)CC2)c2cc(F)ccc21. The van der Waals surface area contributed by atoms with E-state index < -0.39 is 0 Å². The van der Waals surface area contributed by atoms with E-state index in [0.29, 0.717) is 25.8 Å². The summed E-state index contributed by atoms with van der Waals surface area (Å²) in [5.74, 6) is -0.222. The van der Waals surface area contributed by atoms with Crippen molar-refractivity contribution in [3.8, 4) is 0 Å². The van der Waals surface area contributed by atoms with Crippen molar-refractivity contribution in [2.75, 3.05) is 37.7 Å². The van der Waals surface area contributed by atoms with Gasteiger partial charge < -0.3 is 24.6 Å². The number of carbonyl (C=O) groups excluding carboxylic acids is 2. The van der Waals surface area contributed by atoms with E-state index in [-0.39, 0.29) is 35.4 Å². The first kappa shape index (κ1) is 23.5. The molecule has 3 atom stereocenters. The minimum Gasteiger partial charge on any atom is -0.444 e. The number of alkyl carbamates (subject to hydrolysis) is 1. The van der Waals surface area contributed by atoms with Gasteiger partial charge in [0, 0.05) is 43.1 Å². The Labute approximate surface area is 200 Å². The highest BCUT2D eigenvalue weighted by atomic mass is 19.1. The van der Waals surface area contributed by atoms with Gasteiger partial charge in [0.2, 0.25) is 5.91 Å². The summed E-state index contributed by atoms with van der Waals surface area (Å²) in [6.07, 6.45) is 7.41. The van der Waals surface area contributed by atoms with Crippen LogP contribution in [0.2, 0.25) is 0 Å². The van der Waals surface area contributed by atoms with Gasteiger partial charge >= 0.3 is 6.09 Å². The van der Waals surface area contributed by atoms with Crippen molar-refractivity contribution < 1.29 is 23.5 Å². The van der Waals surface area contributed by atoms with Crippen molar-refractivity contribution >= 4 is 17.7 Å². The van der Waals surface area contributed by atoms with Crippen LogP contribution < -0.4 is 10.2 Å². The van der Waals surface area contributed by atoms with Gasteiger partial charge in [0.15, 0.2) is 0 Å². The van der Waals surface area contributed by atoms with Gasteiger partial charge in [0.25, 0.3) is 0 Å². The summed E-state index contributed by atoms with van der Waals surface area (Å²) < 4.78 is 25.0. The fourth-order valence-electron chi connectivity index (χ4n) is 6.42. The van der Waals surface area contributed by atoms with E-state index in [9.17, 15) is 14.0 Å². The number of piperidine rings is 1. The molecule has 1 N–H and O–H groups in total. The van der Waals surface area contributed by atoms with Gasteiger partial charge in [-0.15, -0.1) is 0 Å². The number of benzene rings is 1. The molecule has 0 aromatic heterocycles. The molecule has 7 nitrogen and oxygen atoms in total. The maximum Gasteiger partial charge on any atom is 0.407 e. The van der Waals surface area contributed by atoms with E-state index >= 15 is 0 Å². The van der Waals surface area contributed by atoms with Crippen molar-refractivity contribution in [1.82, 2.24) is 10.2 Å². The van der Waals surface area contributed by atoms with Gasteiger partial charge in [-0.2, -0.15) is 0 Å². The van der Waals surface area contributed by atoms with E-state index in [1.54, 1.807) is 19.1 Å². The summed E-state index contributed by atoms with van der Waals surface area (Å²) in [5.41, 5.74) is 1.68. The Bertz CT molecular complexity index is 911. The number of halogens is 1. The van der Waals surface area contributed by atoms with E-state index in [4.69, 9.17) is 9.47 Å². The van der Waals surface area contributed by atoms with Crippen LogP contribution in [0, 0.1) is 5.82 Å². The maximum atomic E-state index is 14.2. The molecule has 2 amide bonds. The van der Waals surface area contributed by atoms with Crippen LogP contribution in [0.4, 0.5) is 14.9 Å². The van der Waals surface area contributed by atoms with Crippen LogP contribution in [0.25, 0.3) is 0 Å². The van der Waals surface area contributed by atoms with Crippen molar-refractivity contribution in [2.45, 2.75) is 81.9 Å². The average molecular weight is 474 g/mol. The van der Waals surface area contributed by atoms with Crippen molar-refractivity contribution in [3.63, 3.8) is 0 Å². The van der Waals surface area contributed by atoms with Crippen molar-refractivity contribution in [3.05, 3.63) is 29.6 Å². The summed E-state index contributed by atoms with van der Waals surface area (Å²) in [6, 6.07) is 5.38. The molecule has 2 saturated heterocycles. The zero-order chi connectivity index (χ0) is 23.7. The zero-order valence-corrected chi connectivity index (χ0v) is 20.1. The van der Waals surface area contributed by atoms with Crippen LogP contribution in [-0.2, 0) is 19.7 Å². The number of rotatable bonds is 3. The number of carbonyl (C=O) groups is 2. The number of nitrogens with one attached hydrogen (secondary N) is 1. The molecule has 1 aromatic carbocycles. The number of hydrogen-bond donors (Lipinski definition) is 1. The number of nitrogens with zero attached hydrogens (tertiary/aromatic N) is 2. The van der Waals surface area contributed by atoms with Crippen molar-refractivity contribution in [2.24, 2.45) is 0 Å². The van der Waals surface area contributed by atoms with Gasteiger partial charge in [0.1, 0.15) is 11.9 Å². The first-order valence-electron chi connectivity index (χ1n) is 12.8. The standard InChI is InChI=1S/C26H36FN3O4/c1-18(31)30-17-26(23-14-19(27)6-7-24(23)30)9-11-29(12-10-26)21-5-3-2-4-20(15-21)28-25(32)34-22-8-13-33-16-22/h6-7,14,20-22H,2-5,8-13,15-17H2,1H3,(H,28,32)/t20?,21?,22-/m0/s1. The molecule has 3 heterocycles. The molecule has 8 heteroatoms. The fourth-order valence-corrected chi connectivity index (χ4v) is 6.42. The second-order valence-corrected chi connectivity index (χ2v) is 10.5. The lowest BCUT2D eigenvalue weighted by Gasteiger charge is -2.43. The minimum absolute atomic E-state index is 0.0147. The molecule has 34 heavy (non-hydrogen) atoms. The first-order chi connectivity index (χ1) is 16.4. The summed E-state index contributed by atoms with van der Waals surface area (Å²) in [5, 5.41) is 3.11. The zero-order valence-electron chi connectivity index (χ0n) is 20.1. The lowest BCUT2D eigenvalue weighted by Crippen LogP contribution is -2.50. The molecule has 186 valence electrons. The highest BCUT2D eigenvalue weighted by Gasteiger charge is 2.46. The maximum absolute atomic E-state index is 14.2. The second kappa shape index (κ2) is 9.82. The van der Waals surface area contributed by atoms with Crippen LogP contribution in [0.1, 0.15) is 63.9 Å². The number of likely N-dealkylation sites (tertiary alicyclic amines) is 1. The van der Waals surface area contributed by atoms with Crippen LogP contribution in [0.3, 0.4) is 0 Å². The number of fused-ring (bicyclic) bond motifs is 2. The Balaban J connectivity index is 1.21. The molecule has 1 spiro atoms. The van der Waals surface area contributed by atoms with E-state index in [1.807, 2.05) is 4.90 Å². The molecule has 3 fully saturated rings. The lowest BCUT2D eigenvalue weighted by atomic mass is 9.74. The Morgan fingerprint density at radius 2 is 1.97 bits per heavy atom. The molecule has 0 radical (unpaired) electrons. The molecule has 3 aliphatic heterocycles. The van der Waals surface area contributed by atoms with Gasteiger partial charge in [-0.1, -0.05) is 12.8 Å². The normalized spacial score (nSPS) is 29.0. The Hall–Kier alpha value is -2.19. The molecular weight excluding hydrogens is 437 g/mol. The average Bonchev–Trinajstić information content (AvgIpc) is 3.35. The van der Waals surface area contributed by atoms with E-state index in [2.05, 4.69) is 10.2 Å². The van der Waals surface area contributed by atoms with Gasteiger partial charge in [0.05, 0.1) is 13.2 Å². The first-order valence-corrected chi connectivity index (χ1v) is 12.8. The van der Waals surface area contributed by atoms with E-state index in [0.717, 1.165) is 75.7 Å². The summed E-state index contributed by atoms with van der Waals surface area (Å²) in [7, 11) is 0. The number of anilines is 1. The third-order valence-corrected chi connectivity index (χ3v) is 8.31. The number of hydrogen-bond acceptors (Lipinski definition) is 5. The quantitative estimate of drug-likeness (QED) is 0.678. The molecule has 0 bridgehead atoms. The minimum atomic E-state index is -0.326. The van der Waals surface area contributed by atoms with Gasteiger partial charge in [-0.3, -0.25) is 4.79 Å². The lowest BCUT2D eigenvalue weighted by molar-refractivity contribution is -0.116. The van der Waals surface area contributed by atoms with Crippen LogP contribution in [0.15, 0.2) is 18.2 Å². The third-order valence-electron chi connectivity index (χ3n) is 8.31. The van der Waals surface area contributed by atoms with E-state index in [1.165, 1.54) is 6.07 Å². The predicted molar refractivity (Wildman–Crippen MR) is 126 cm³/mol. The number of ether oxygens (including phenoxy) is 2. The Morgan fingerprint density at radius 3 is 2.71 bits per heavy atom. The molecular formula is C26H36FN3O4. The molecule has 1 saturated carbocycles. The third kappa shape index (κ3) is 4.80.